The number of ether oxygens (including phenoxy) is 2. The highest BCUT2D eigenvalue weighted by atomic mass is 16.6. The van der Waals surface area contributed by atoms with E-state index in [1.807, 2.05) is 48.5 Å². The highest BCUT2D eigenvalue weighted by Crippen LogP contribution is 2.44. The molecule has 2 aromatic carbocycles. The largest absolute Gasteiger partial charge is 0.467 e. The Morgan fingerprint density at radius 3 is 2.22 bits per heavy atom. The van der Waals surface area contributed by atoms with Crippen LogP contribution < -0.4 is 0 Å². The minimum atomic E-state index is -0.904. The van der Waals surface area contributed by atoms with Crippen LogP contribution >= 0.6 is 0 Å². The fourth-order valence-electron chi connectivity index (χ4n) is 3.94. The van der Waals surface area contributed by atoms with E-state index in [0.29, 0.717) is 0 Å². The van der Waals surface area contributed by atoms with Crippen molar-refractivity contribution >= 4 is 18.0 Å². The summed E-state index contributed by atoms with van der Waals surface area (Å²) in [7, 11) is 1.24. The average Bonchev–Trinajstić information content (AvgIpc) is 3.24. The van der Waals surface area contributed by atoms with Crippen LogP contribution in [0.5, 0.6) is 0 Å². The van der Waals surface area contributed by atoms with Crippen LogP contribution in [0.4, 0.5) is 4.79 Å². The molecule has 0 N–H and O–H groups in total. The fourth-order valence-corrected chi connectivity index (χ4v) is 3.94. The van der Waals surface area contributed by atoms with Gasteiger partial charge < -0.3 is 9.47 Å². The van der Waals surface area contributed by atoms with E-state index in [-0.39, 0.29) is 25.4 Å². The summed E-state index contributed by atoms with van der Waals surface area (Å²) in [6.45, 7) is 0.102. The number of carbonyl (C=O) groups excluding carboxylic acids is 3. The van der Waals surface area contributed by atoms with Crippen molar-refractivity contribution in [3.8, 4) is 11.1 Å². The van der Waals surface area contributed by atoms with Crippen molar-refractivity contribution < 1.29 is 23.9 Å². The van der Waals surface area contributed by atoms with Crippen molar-refractivity contribution in [3.63, 3.8) is 0 Å². The monoisotopic (exact) mass is 365 g/mol. The number of rotatable bonds is 3. The smallest absolute Gasteiger partial charge is 0.417 e. The first-order chi connectivity index (χ1) is 13.1. The van der Waals surface area contributed by atoms with Crippen LogP contribution in [0.3, 0.4) is 0 Å². The summed E-state index contributed by atoms with van der Waals surface area (Å²) in [5.41, 5.74) is 4.42. The lowest BCUT2D eigenvalue weighted by Gasteiger charge is -2.22. The van der Waals surface area contributed by atoms with Gasteiger partial charge in [0.1, 0.15) is 12.6 Å². The number of nitrogens with zero attached hydrogens (tertiary/aromatic N) is 1. The molecule has 0 spiro atoms. The van der Waals surface area contributed by atoms with Gasteiger partial charge >= 0.3 is 12.1 Å². The first kappa shape index (κ1) is 17.3. The summed E-state index contributed by atoms with van der Waals surface area (Å²) in [5.74, 6) is -1.12. The summed E-state index contributed by atoms with van der Waals surface area (Å²) < 4.78 is 10.2. The van der Waals surface area contributed by atoms with Crippen molar-refractivity contribution in [2.24, 2.45) is 0 Å². The SMILES string of the molecule is COC(=O)[C@@H]1CCC(=O)N1C(=O)OCC1c2ccccc2-c2ccccc21. The molecule has 1 saturated heterocycles. The standard InChI is InChI=1S/C21H19NO5/c1-26-20(24)18-10-11-19(23)22(18)21(25)27-12-17-15-8-4-2-6-13(15)14-7-3-5-9-16(14)17/h2-9,17-18H,10-12H2,1H3/t18-/m0/s1. The van der Waals surface area contributed by atoms with Crippen molar-refractivity contribution in [2.75, 3.05) is 13.7 Å². The second-order valence-electron chi connectivity index (χ2n) is 6.65. The molecule has 4 rings (SSSR count). The normalized spacial score (nSPS) is 18.2. The van der Waals surface area contributed by atoms with Crippen LogP contribution in [-0.4, -0.2) is 42.6 Å². The van der Waals surface area contributed by atoms with Gasteiger partial charge in [0.15, 0.2) is 0 Å². The number of methoxy groups -OCH3 is 1. The maximum absolute atomic E-state index is 12.5. The zero-order valence-electron chi connectivity index (χ0n) is 14.9. The third-order valence-electron chi connectivity index (χ3n) is 5.22. The number of hydrogen-bond donors (Lipinski definition) is 0. The van der Waals surface area contributed by atoms with Gasteiger partial charge in [-0.05, 0) is 28.7 Å². The van der Waals surface area contributed by atoms with Crippen molar-refractivity contribution in [1.29, 1.82) is 0 Å². The van der Waals surface area contributed by atoms with Gasteiger partial charge in [-0.1, -0.05) is 48.5 Å². The van der Waals surface area contributed by atoms with Gasteiger partial charge in [0.05, 0.1) is 7.11 Å². The third kappa shape index (κ3) is 2.87. The number of carbonyl (C=O) groups is 3. The Bertz CT molecular complexity index is 877. The molecule has 2 aliphatic rings. The van der Waals surface area contributed by atoms with Gasteiger partial charge in [-0.15, -0.1) is 0 Å². The first-order valence-corrected chi connectivity index (χ1v) is 8.86. The van der Waals surface area contributed by atoms with E-state index in [0.717, 1.165) is 27.2 Å². The minimum Gasteiger partial charge on any atom is -0.467 e. The molecule has 0 radical (unpaired) electrons. The summed E-state index contributed by atoms with van der Waals surface area (Å²) in [4.78, 5) is 37.3. The summed E-state index contributed by atoms with van der Waals surface area (Å²) in [6, 6.07) is 15.1. The molecule has 1 heterocycles. The molecule has 0 bridgehead atoms. The third-order valence-corrected chi connectivity index (χ3v) is 5.22. The van der Waals surface area contributed by atoms with Crippen LogP contribution in [0.2, 0.25) is 0 Å². The Hall–Kier alpha value is -3.15. The molecule has 0 saturated carbocycles. The van der Waals surface area contributed by atoms with Gasteiger partial charge in [0, 0.05) is 12.3 Å². The molecule has 6 nitrogen and oxygen atoms in total. The molecular formula is C21H19NO5. The number of likely N-dealkylation sites (tertiary alicyclic amines) is 1. The van der Waals surface area contributed by atoms with Gasteiger partial charge in [0.25, 0.3) is 0 Å². The van der Waals surface area contributed by atoms with Crippen LogP contribution in [-0.2, 0) is 19.1 Å². The molecule has 1 aliphatic heterocycles. The number of amides is 2. The predicted molar refractivity (Wildman–Crippen MR) is 97.0 cm³/mol. The maximum Gasteiger partial charge on any atom is 0.417 e. The van der Waals surface area contributed by atoms with Crippen LogP contribution in [0.15, 0.2) is 48.5 Å². The summed E-state index contributed by atoms with van der Waals surface area (Å²) in [6.07, 6.45) is -0.408. The quantitative estimate of drug-likeness (QED) is 0.782. The van der Waals surface area contributed by atoms with Crippen molar-refractivity contribution in [1.82, 2.24) is 4.90 Å². The Balaban J connectivity index is 1.54. The Labute approximate surface area is 156 Å². The molecule has 138 valence electrons. The van der Waals surface area contributed by atoms with E-state index >= 15 is 0 Å². The lowest BCUT2D eigenvalue weighted by Crippen LogP contribution is -2.44. The highest BCUT2D eigenvalue weighted by molar-refractivity contribution is 5.99. The number of hydrogen-bond acceptors (Lipinski definition) is 5. The van der Waals surface area contributed by atoms with E-state index in [1.165, 1.54) is 7.11 Å². The molecule has 1 fully saturated rings. The lowest BCUT2D eigenvalue weighted by atomic mass is 9.98. The molecule has 0 unspecified atom stereocenters. The first-order valence-electron chi connectivity index (χ1n) is 8.86. The summed E-state index contributed by atoms with van der Waals surface area (Å²) in [5, 5.41) is 0. The molecule has 0 aromatic heterocycles. The topological polar surface area (TPSA) is 72.9 Å². The predicted octanol–water partition coefficient (Wildman–Crippen LogP) is 3.10. The van der Waals surface area contributed by atoms with Crippen LogP contribution in [0.1, 0.15) is 29.9 Å². The molecular weight excluding hydrogens is 346 g/mol. The summed E-state index contributed by atoms with van der Waals surface area (Å²) >= 11 is 0. The van der Waals surface area contributed by atoms with Gasteiger partial charge in [-0.2, -0.15) is 0 Å². The van der Waals surface area contributed by atoms with Crippen LogP contribution in [0, 0.1) is 0 Å². The van der Waals surface area contributed by atoms with E-state index in [9.17, 15) is 14.4 Å². The van der Waals surface area contributed by atoms with Gasteiger partial charge in [0.2, 0.25) is 5.91 Å². The van der Waals surface area contributed by atoms with Gasteiger partial charge in [-0.3, -0.25) is 4.79 Å². The Kier molecular flexibility index (Phi) is 4.39. The number of imide groups is 1. The lowest BCUT2D eigenvalue weighted by molar-refractivity contribution is -0.148. The Morgan fingerprint density at radius 1 is 1.04 bits per heavy atom. The second kappa shape index (κ2) is 6.87. The maximum atomic E-state index is 12.5. The number of benzene rings is 2. The minimum absolute atomic E-state index is 0.101. The molecule has 6 heteroatoms. The van der Waals surface area contributed by atoms with E-state index in [1.54, 1.807) is 0 Å². The van der Waals surface area contributed by atoms with Crippen molar-refractivity contribution in [2.45, 2.75) is 24.8 Å². The van der Waals surface area contributed by atoms with Crippen LogP contribution in [0.25, 0.3) is 11.1 Å². The van der Waals surface area contributed by atoms with E-state index in [2.05, 4.69) is 0 Å². The molecule has 2 amide bonds. The zero-order chi connectivity index (χ0) is 19.0. The van der Waals surface area contributed by atoms with E-state index in [4.69, 9.17) is 9.47 Å². The average molecular weight is 365 g/mol. The zero-order valence-corrected chi connectivity index (χ0v) is 14.9. The highest BCUT2D eigenvalue weighted by Gasteiger charge is 2.42. The number of esters is 1. The van der Waals surface area contributed by atoms with Crippen molar-refractivity contribution in [3.05, 3.63) is 59.7 Å². The fraction of sp³-hybridized carbons (Fsp3) is 0.286. The van der Waals surface area contributed by atoms with E-state index < -0.39 is 24.0 Å². The van der Waals surface area contributed by atoms with Gasteiger partial charge in [-0.25, -0.2) is 14.5 Å². The molecule has 2 aromatic rings. The molecule has 27 heavy (non-hydrogen) atoms. The number of fused-ring (bicyclic) bond motifs is 3. The Morgan fingerprint density at radius 2 is 1.63 bits per heavy atom. The molecule has 1 aliphatic carbocycles. The molecule has 1 atom stereocenters. The second-order valence-corrected chi connectivity index (χ2v) is 6.65.